The van der Waals surface area contributed by atoms with Crippen molar-refractivity contribution in [3.63, 3.8) is 0 Å². The van der Waals surface area contributed by atoms with Gasteiger partial charge in [-0.1, -0.05) is 13.8 Å². The minimum atomic E-state index is -0.369. The molecule has 0 aliphatic heterocycles. The van der Waals surface area contributed by atoms with Crippen LogP contribution in [0.25, 0.3) is 0 Å². The number of nitrogens with one attached hydrogen (secondary N) is 2. The first kappa shape index (κ1) is 15.2. The number of nitrogens with two attached hydrogens (primary N) is 1. The summed E-state index contributed by atoms with van der Waals surface area (Å²) in [4.78, 5) is 20.2. The predicted octanol–water partition coefficient (Wildman–Crippen LogP) is 1.25. The Kier molecular flexibility index (Phi) is 5.09. The molecule has 0 bridgehead atoms. The summed E-state index contributed by atoms with van der Waals surface area (Å²) in [6.07, 6.45) is 0. The summed E-state index contributed by atoms with van der Waals surface area (Å²) in [5, 5.41) is 5.95. The van der Waals surface area contributed by atoms with Crippen molar-refractivity contribution in [3.05, 3.63) is 11.4 Å². The highest BCUT2D eigenvalue weighted by Gasteiger charge is 2.15. The molecule has 1 atom stereocenters. The molecule has 6 heteroatoms. The second-order valence-corrected chi connectivity index (χ2v) is 5.13. The maximum Gasteiger partial charge on any atom is 0.242 e. The van der Waals surface area contributed by atoms with Gasteiger partial charge in [-0.2, -0.15) is 0 Å². The van der Waals surface area contributed by atoms with Gasteiger partial charge in [-0.05, 0) is 26.7 Å². The summed E-state index contributed by atoms with van der Waals surface area (Å²) >= 11 is 0. The fraction of sp³-hybridized carbons (Fsp3) is 0.615. The molecule has 0 aliphatic rings. The smallest absolute Gasteiger partial charge is 0.242 e. The third kappa shape index (κ3) is 4.39. The highest BCUT2D eigenvalue weighted by atomic mass is 16.2. The van der Waals surface area contributed by atoms with Crippen LogP contribution < -0.4 is 16.4 Å². The van der Waals surface area contributed by atoms with Gasteiger partial charge < -0.3 is 16.4 Å². The molecule has 0 radical (unpaired) electrons. The predicted molar refractivity (Wildman–Crippen MR) is 76.9 cm³/mol. The molecule has 1 aromatic heterocycles. The summed E-state index contributed by atoms with van der Waals surface area (Å²) in [5.74, 6) is 2.00. The second-order valence-electron chi connectivity index (χ2n) is 5.13. The first-order chi connectivity index (χ1) is 8.81. The van der Waals surface area contributed by atoms with Gasteiger partial charge in [-0.25, -0.2) is 9.97 Å². The van der Waals surface area contributed by atoms with E-state index in [-0.39, 0.29) is 11.9 Å². The Bertz CT molecular complexity index is 459. The molecular weight excluding hydrogens is 242 g/mol. The van der Waals surface area contributed by atoms with Crippen molar-refractivity contribution in [2.24, 2.45) is 5.92 Å². The van der Waals surface area contributed by atoms with E-state index in [4.69, 9.17) is 5.73 Å². The summed E-state index contributed by atoms with van der Waals surface area (Å²) in [6.45, 7) is 10.2. The summed E-state index contributed by atoms with van der Waals surface area (Å²) in [7, 11) is 0. The van der Waals surface area contributed by atoms with Crippen molar-refractivity contribution in [1.29, 1.82) is 0 Å². The Morgan fingerprint density at radius 3 is 2.47 bits per heavy atom. The number of anilines is 2. The van der Waals surface area contributed by atoms with Crippen molar-refractivity contribution >= 4 is 17.5 Å². The van der Waals surface area contributed by atoms with Crippen LogP contribution in [0.15, 0.2) is 0 Å². The Balaban J connectivity index is 2.71. The number of aryl methyl sites for hydroxylation is 1. The third-order valence-electron chi connectivity index (χ3n) is 2.73. The van der Waals surface area contributed by atoms with E-state index in [0.717, 1.165) is 5.56 Å². The van der Waals surface area contributed by atoms with E-state index in [1.807, 2.05) is 6.92 Å². The van der Waals surface area contributed by atoms with Gasteiger partial charge in [0.25, 0.3) is 0 Å². The van der Waals surface area contributed by atoms with Crippen molar-refractivity contribution in [2.75, 3.05) is 17.6 Å². The summed E-state index contributed by atoms with van der Waals surface area (Å²) < 4.78 is 0. The molecule has 1 aromatic rings. The number of carbonyl (C=O) groups excluding carboxylic acids is 1. The molecule has 1 unspecified atom stereocenters. The normalized spacial score (nSPS) is 12.3. The highest BCUT2D eigenvalue weighted by Crippen LogP contribution is 2.17. The Morgan fingerprint density at radius 2 is 1.89 bits per heavy atom. The number of nitrogen functional groups attached to an aromatic ring is 1. The van der Waals surface area contributed by atoms with E-state index in [1.165, 1.54) is 0 Å². The first-order valence-corrected chi connectivity index (χ1v) is 6.46. The average Bonchev–Trinajstić information content (AvgIpc) is 2.32. The molecule has 1 rings (SSSR count). The van der Waals surface area contributed by atoms with E-state index >= 15 is 0 Å². The lowest BCUT2D eigenvalue weighted by atomic mass is 10.2. The van der Waals surface area contributed by atoms with Gasteiger partial charge >= 0.3 is 0 Å². The molecule has 0 spiro atoms. The molecule has 6 nitrogen and oxygen atoms in total. The van der Waals surface area contributed by atoms with Crippen molar-refractivity contribution in [2.45, 2.75) is 40.7 Å². The molecule has 0 aromatic carbocycles. The lowest BCUT2D eigenvalue weighted by Crippen LogP contribution is -2.39. The van der Waals surface area contributed by atoms with E-state index < -0.39 is 0 Å². The molecule has 0 aliphatic carbocycles. The fourth-order valence-corrected chi connectivity index (χ4v) is 1.52. The topological polar surface area (TPSA) is 92.9 Å². The van der Waals surface area contributed by atoms with E-state index in [2.05, 4.69) is 34.4 Å². The number of hydrogen-bond acceptors (Lipinski definition) is 5. The minimum absolute atomic E-state index is 0.0528. The van der Waals surface area contributed by atoms with Crippen LogP contribution in [0.5, 0.6) is 0 Å². The van der Waals surface area contributed by atoms with Crippen molar-refractivity contribution in [3.8, 4) is 0 Å². The van der Waals surface area contributed by atoms with Gasteiger partial charge in [0.2, 0.25) is 5.91 Å². The Hall–Kier alpha value is -1.85. The number of rotatable bonds is 5. The van der Waals surface area contributed by atoms with Crippen LogP contribution in [-0.4, -0.2) is 28.5 Å². The largest absolute Gasteiger partial charge is 0.383 e. The lowest BCUT2D eigenvalue weighted by molar-refractivity contribution is -0.121. The average molecular weight is 265 g/mol. The summed E-state index contributed by atoms with van der Waals surface area (Å²) in [5.41, 5.74) is 6.54. The molecular formula is C13H23N5O. The van der Waals surface area contributed by atoms with Crippen LogP contribution in [0.1, 0.15) is 32.2 Å². The number of carbonyl (C=O) groups is 1. The van der Waals surface area contributed by atoms with E-state index in [0.29, 0.717) is 29.9 Å². The molecule has 0 fully saturated rings. The van der Waals surface area contributed by atoms with Gasteiger partial charge in [0.1, 0.15) is 23.5 Å². The Morgan fingerprint density at radius 1 is 1.26 bits per heavy atom. The van der Waals surface area contributed by atoms with E-state index in [1.54, 1.807) is 13.8 Å². The monoisotopic (exact) mass is 265 g/mol. The minimum Gasteiger partial charge on any atom is -0.383 e. The molecule has 1 amide bonds. The standard InChI is InChI=1S/C13H23N5O/c1-7(2)6-15-13(19)9(4)16-12-8(3)11(14)17-10(5)18-12/h7,9H,6H2,1-5H3,(H,15,19)(H3,14,16,17,18). The van der Waals surface area contributed by atoms with Crippen LogP contribution in [0.4, 0.5) is 11.6 Å². The Labute approximate surface area is 114 Å². The van der Waals surface area contributed by atoms with Crippen molar-refractivity contribution in [1.82, 2.24) is 15.3 Å². The van der Waals surface area contributed by atoms with Crippen LogP contribution >= 0.6 is 0 Å². The van der Waals surface area contributed by atoms with Gasteiger partial charge in [-0.3, -0.25) is 4.79 Å². The van der Waals surface area contributed by atoms with E-state index in [9.17, 15) is 4.79 Å². The first-order valence-electron chi connectivity index (χ1n) is 6.46. The zero-order valence-electron chi connectivity index (χ0n) is 12.2. The van der Waals surface area contributed by atoms with Gasteiger partial charge in [-0.15, -0.1) is 0 Å². The molecule has 4 N–H and O–H groups in total. The third-order valence-corrected chi connectivity index (χ3v) is 2.73. The van der Waals surface area contributed by atoms with Crippen LogP contribution in [0.2, 0.25) is 0 Å². The van der Waals surface area contributed by atoms with Gasteiger partial charge in [0, 0.05) is 12.1 Å². The molecule has 19 heavy (non-hydrogen) atoms. The maximum absolute atomic E-state index is 11.9. The highest BCUT2D eigenvalue weighted by molar-refractivity contribution is 5.84. The number of amides is 1. The maximum atomic E-state index is 11.9. The van der Waals surface area contributed by atoms with Crippen molar-refractivity contribution < 1.29 is 4.79 Å². The zero-order valence-corrected chi connectivity index (χ0v) is 12.2. The second kappa shape index (κ2) is 6.36. The molecule has 0 saturated carbocycles. The zero-order chi connectivity index (χ0) is 14.6. The van der Waals surface area contributed by atoms with Gasteiger partial charge in [0.05, 0.1) is 0 Å². The SMILES string of the molecule is Cc1nc(N)c(C)c(NC(C)C(=O)NCC(C)C)n1. The lowest BCUT2D eigenvalue weighted by Gasteiger charge is -2.17. The molecule has 0 saturated heterocycles. The van der Waals surface area contributed by atoms with Crippen LogP contribution in [0.3, 0.4) is 0 Å². The number of nitrogens with zero attached hydrogens (tertiary/aromatic N) is 2. The summed E-state index contributed by atoms with van der Waals surface area (Å²) in [6, 6.07) is -0.369. The van der Waals surface area contributed by atoms with Gasteiger partial charge in [0.15, 0.2) is 0 Å². The molecule has 1 heterocycles. The molecule has 106 valence electrons. The van der Waals surface area contributed by atoms with Crippen LogP contribution in [-0.2, 0) is 4.79 Å². The van der Waals surface area contributed by atoms with Crippen LogP contribution in [0, 0.1) is 19.8 Å². The fourth-order valence-electron chi connectivity index (χ4n) is 1.52. The quantitative estimate of drug-likeness (QED) is 0.745. The number of hydrogen-bond donors (Lipinski definition) is 3. The number of aromatic nitrogens is 2.